The lowest BCUT2D eigenvalue weighted by molar-refractivity contribution is -0.113. The lowest BCUT2D eigenvalue weighted by Crippen LogP contribution is -2.27. The molecule has 1 aliphatic rings. The molecule has 0 unspecified atom stereocenters. The number of rotatable bonds is 4. The van der Waals surface area contributed by atoms with Crippen LogP contribution in [-0.4, -0.2) is 14.8 Å². The molecule has 2 heterocycles. The monoisotopic (exact) mass is 478 g/mol. The normalized spacial score (nSPS) is 15.3. The first kappa shape index (κ1) is 20.9. The van der Waals surface area contributed by atoms with Crippen LogP contribution in [0.2, 0.25) is 5.02 Å². The van der Waals surface area contributed by atoms with E-state index in [0.717, 1.165) is 22.2 Å². The predicted octanol–water partition coefficient (Wildman–Crippen LogP) is 6.89. The first-order valence-corrected chi connectivity index (χ1v) is 11.5. The summed E-state index contributed by atoms with van der Waals surface area (Å²) in [4.78, 5) is 15.2. The fourth-order valence-electron chi connectivity index (χ4n) is 3.78. The Morgan fingerprint density at radius 1 is 1.00 bits per heavy atom. The minimum atomic E-state index is -0.347. The molecular formula is C25H16ClFN2OS2. The zero-order chi connectivity index (χ0) is 22.2. The number of aromatic nitrogens is 1. The second-order valence-corrected chi connectivity index (χ2v) is 9.37. The van der Waals surface area contributed by atoms with Gasteiger partial charge in [-0.15, -0.1) is 0 Å². The average Bonchev–Trinajstić information content (AvgIpc) is 3.28. The molecule has 1 amide bonds. The molecule has 0 spiro atoms. The number of para-hydroxylation sites is 2. The van der Waals surface area contributed by atoms with E-state index >= 15 is 0 Å². The van der Waals surface area contributed by atoms with Gasteiger partial charge in [-0.3, -0.25) is 9.69 Å². The molecule has 0 saturated carbocycles. The molecule has 1 saturated heterocycles. The van der Waals surface area contributed by atoms with Crippen molar-refractivity contribution in [3.63, 3.8) is 0 Å². The first-order chi connectivity index (χ1) is 15.5. The maximum atomic E-state index is 14.4. The highest BCUT2D eigenvalue weighted by Crippen LogP contribution is 2.37. The van der Waals surface area contributed by atoms with Crippen molar-refractivity contribution in [2.45, 2.75) is 6.54 Å². The van der Waals surface area contributed by atoms with Gasteiger partial charge in [0.2, 0.25) is 0 Å². The molecule has 3 nitrogen and oxygen atoms in total. The number of nitrogens with zero attached hydrogens (tertiary/aromatic N) is 2. The Hall–Kier alpha value is -2.93. The largest absolute Gasteiger partial charge is 0.342 e. The van der Waals surface area contributed by atoms with Crippen LogP contribution in [0.4, 0.5) is 10.1 Å². The topological polar surface area (TPSA) is 25.2 Å². The summed E-state index contributed by atoms with van der Waals surface area (Å²) >= 11 is 13.0. The number of thiocarbonyl (C=S) groups is 1. The molecule has 32 heavy (non-hydrogen) atoms. The summed E-state index contributed by atoms with van der Waals surface area (Å²) in [6.07, 6.45) is 3.77. The van der Waals surface area contributed by atoms with E-state index in [-0.39, 0.29) is 18.3 Å². The smallest absolute Gasteiger partial charge is 0.270 e. The number of carbonyl (C=O) groups excluding carboxylic acids is 1. The van der Waals surface area contributed by atoms with Crippen LogP contribution in [0, 0.1) is 5.82 Å². The number of hydrogen-bond acceptors (Lipinski definition) is 3. The number of benzene rings is 3. The number of fused-ring (bicyclic) bond motifs is 1. The van der Waals surface area contributed by atoms with Gasteiger partial charge in [-0.25, -0.2) is 4.39 Å². The van der Waals surface area contributed by atoms with E-state index in [1.54, 1.807) is 17.0 Å². The highest BCUT2D eigenvalue weighted by atomic mass is 35.5. The summed E-state index contributed by atoms with van der Waals surface area (Å²) < 4.78 is 16.8. The molecule has 0 bridgehead atoms. The van der Waals surface area contributed by atoms with Gasteiger partial charge in [-0.1, -0.05) is 78.0 Å². The number of carbonyl (C=O) groups is 1. The molecule has 5 rings (SSSR count). The van der Waals surface area contributed by atoms with E-state index in [1.807, 2.05) is 71.4 Å². The van der Waals surface area contributed by atoms with Gasteiger partial charge in [0.15, 0.2) is 4.32 Å². The van der Waals surface area contributed by atoms with Gasteiger partial charge in [-0.2, -0.15) is 0 Å². The van der Waals surface area contributed by atoms with Crippen molar-refractivity contribution < 1.29 is 9.18 Å². The third-order valence-electron chi connectivity index (χ3n) is 5.30. The van der Waals surface area contributed by atoms with Crippen molar-refractivity contribution in [2.24, 2.45) is 0 Å². The molecule has 1 aliphatic heterocycles. The number of amides is 1. The number of halogens is 2. The lowest BCUT2D eigenvalue weighted by atomic mass is 10.1. The Labute approximate surface area is 199 Å². The Kier molecular flexibility index (Phi) is 5.59. The van der Waals surface area contributed by atoms with Crippen molar-refractivity contribution in [1.29, 1.82) is 0 Å². The molecule has 7 heteroatoms. The molecular weight excluding hydrogens is 463 g/mol. The molecule has 3 aromatic carbocycles. The fraction of sp³-hybridized carbons (Fsp3) is 0.0400. The van der Waals surface area contributed by atoms with Crippen molar-refractivity contribution >= 4 is 68.5 Å². The van der Waals surface area contributed by atoms with Crippen molar-refractivity contribution in [1.82, 2.24) is 4.57 Å². The molecule has 158 valence electrons. The fourth-order valence-corrected chi connectivity index (χ4v) is 5.30. The number of hydrogen-bond donors (Lipinski definition) is 0. The van der Waals surface area contributed by atoms with E-state index in [4.69, 9.17) is 23.8 Å². The summed E-state index contributed by atoms with van der Waals surface area (Å²) in [7, 11) is 0. The highest BCUT2D eigenvalue weighted by molar-refractivity contribution is 8.27. The maximum Gasteiger partial charge on any atom is 0.270 e. The van der Waals surface area contributed by atoms with Crippen molar-refractivity contribution in [2.75, 3.05) is 4.90 Å². The van der Waals surface area contributed by atoms with Gasteiger partial charge in [0.25, 0.3) is 5.91 Å². The molecule has 1 fully saturated rings. The minimum absolute atomic E-state index is 0.153. The zero-order valence-electron chi connectivity index (χ0n) is 16.7. The maximum absolute atomic E-state index is 14.4. The third-order valence-corrected chi connectivity index (χ3v) is 6.96. The minimum Gasteiger partial charge on any atom is -0.342 e. The van der Waals surface area contributed by atoms with E-state index in [1.165, 1.54) is 17.8 Å². The molecule has 0 atom stereocenters. The Balaban J connectivity index is 1.55. The van der Waals surface area contributed by atoms with Crippen molar-refractivity contribution in [3.05, 3.63) is 106 Å². The van der Waals surface area contributed by atoms with Crippen LogP contribution in [0.25, 0.3) is 17.0 Å². The van der Waals surface area contributed by atoms with Gasteiger partial charge in [0, 0.05) is 33.2 Å². The second kappa shape index (κ2) is 8.54. The second-order valence-electron chi connectivity index (χ2n) is 7.28. The summed E-state index contributed by atoms with van der Waals surface area (Å²) in [5.74, 6) is -0.499. The van der Waals surface area contributed by atoms with Gasteiger partial charge in [-0.05, 0) is 36.4 Å². The molecule has 0 N–H and O–H groups in total. The quantitative estimate of drug-likeness (QED) is 0.236. The van der Waals surface area contributed by atoms with Crippen LogP contribution in [0.3, 0.4) is 0 Å². The standard InChI is InChI=1S/C25H16ClFN2OS2/c26-20-10-6-11-21(27)19(20)15-28-14-16(18-9-4-5-12-22(18)28)13-23-24(30)29(25(31)32-23)17-7-2-1-3-8-17/h1-14H,15H2/b23-13-. The Morgan fingerprint density at radius 3 is 2.53 bits per heavy atom. The number of thioether (sulfide) groups is 1. The zero-order valence-corrected chi connectivity index (χ0v) is 19.1. The summed E-state index contributed by atoms with van der Waals surface area (Å²) in [6, 6.07) is 21.9. The van der Waals surface area contributed by atoms with Crippen LogP contribution in [0.1, 0.15) is 11.1 Å². The van der Waals surface area contributed by atoms with E-state index in [9.17, 15) is 9.18 Å². The molecule has 0 radical (unpaired) electrons. The van der Waals surface area contributed by atoms with Crippen molar-refractivity contribution in [3.8, 4) is 0 Å². The van der Waals surface area contributed by atoms with E-state index < -0.39 is 0 Å². The average molecular weight is 479 g/mol. The molecule has 1 aromatic heterocycles. The summed E-state index contributed by atoms with van der Waals surface area (Å²) in [6.45, 7) is 0.283. The molecule has 0 aliphatic carbocycles. The van der Waals surface area contributed by atoms with Crippen LogP contribution in [0.15, 0.2) is 83.9 Å². The van der Waals surface area contributed by atoms with Gasteiger partial charge in [0.1, 0.15) is 5.82 Å². The third kappa shape index (κ3) is 3.75. The predicted molar refractivity (Wildman–Crippen MR) is 135 cm³/mol. The lowest BCUT2D eigenvalue weighted by Gasteiger charge is -2.13. The number of anilines is 1. The Bertz CT molecular complexity index is 1380. The van der Waals surface area contributed by atoms with E-state index in [0.29, 0.717) is 19.8 Å². The van der Waals surface area contributed by atoms with Crippen LogP contribution in [-0.2, 0) is 11.3 Å². The van der Waals surface area contributed by atoms with Gasteiger partial charge < -0.3 is 4.57 Å². The van der Waals surface area contributed by atoms with E-state index in [2.05, 4.69) is 0 Å². The van der Waals surface area contributed by atoms with Crippen LogP contribution in [0.5, 0.6) is 0 Å². The van der Waals surface area contributed by atoms with Crippen LogP contribution < -0.4 is 4.90 Å². The SMILES string of the molecule is O=C1/C(=C/c2cn(Cc3c(F)cccc3Cl)c3ccccc23)SC(=S)N1c1ccccc1. The summed E-state index contributed by atoms with van der Waals surface area (Å²) in [5, 5.41) is 1.35. The molecule has 4 aromatic rings. The van der Waals surface area contributed by atoms with Gasteiger partial charge >= 0.3 is 0 Å². The first-order valence-electron chi connectivity index (χ1n) is 9.86. The van der Waals surface area contributed by atoms with Gasteiger partial charge in [0.05, 0.1) is 17.1 Å². The van der Waals surface area contributed by atoms with Crippen LogP contribution >= 0.6 is 35.6 Å². The Morgan fingerprint density at radius 2 is 1.75 bits per heavy atom. The summed E-state index contributed by atoms with van der Waals surface area (Å²) in [5.41, 5.74) is 2.96. The highest BCUT2D eigenvalue weighted by Gasteiger charge is 2.33.